The predicted molar refractivity (Wildman–Crippen MR) is 113 cm³/mol. The van der Waals surface area contributed by atoms with E-state index in [1.54, 1.807) is 28.9 Å². The molecular formula is C22H25N5O3. The fraction of sp³-hybridized carbons (Fsp3) is 0.364. The molecule has 2 aromatic heterocycles. The molecule has 0 saturated heterocycles. The third kappa shape index (κ3) is 3.85. The lowest BCUT2D eigenvalue weighted by Crippen LogP contribution is -2.34. The largest absolute Gasteiger partial charge is 0.494 e. The number of carbonyl (C=O) groups excluding carboxylic acids is 1. The number of ether oxygens (including phenoxy) is 1. The number of aryl methyl sites for hydroxylation is 3. The van der Waals surface area contributed by atoms with Crippen molar-refractivity contribution in [1.82, 2.24) is 19.3 Å². The Balaban J connectivity index is 1.65. The van der Waals surface area contributed by atoms with Crippen LogP contribution >= 0.6 is 0 Å². The molecule has 0 atom stereocenters. The molecule has 1 aliphatic rings. The normalized spacial score (nSPS) is 12.6. The van der Waals surface area contributed by atoms with E-state index in [1.165, 1.54) is 4.57 Å². The molecule has 156 valence electrons. The molecule has 1 aromatic carbocycles. The van der Waals surface area contributed by atoms with Gasteiger partial charge in [-0.25, -0.2) is 9.67 Å². The van der Waals surface area contributed by atoms with Crippen LogP contribution in [0.15, 0.2) is 35.1 Å². The molecule has 8 heteroatoms. The quantitative estimate of drug-likeness (QED) is 0.678. The van der Waals surface area contributed by atoms with Crippen molar-refractivity contribution in [2.24, 2.45) is 0 Å². The number of hydrogen-bond donors (Lipinski definition) is 1. The molecule has 0 fully saturated rings. The van der Waals surface area contributed by atoms with E-state index in [0.29, 0.717) is 30.2 Å². The van der Waals surface area contributed by atoms with Gasteiger partial charge in [-0.15, -0.1) is 0 Å². The minimum atomic E-state index is -0.302. The first-order chi connectivity index (χ1) is 14.5. The summed E-state index contributed by atoms with van der Waals surface area (Å²) in [6.07, 6.45) is 2.37. The Bertz CT molecular complexity index is 1140. The predicted octanol–water partition coefficient (Wildman–Crippen LogP) is 2.57. The topological polar surface area (TPSA) is 91.0 Å². The van der Waals surface area contributed by atoms with Gasteiger partial charge in [-0.2, -0.15) is 5.10 Å². The Morgan fingerprint density at radius 3 is 2.63 bits per heavy atom. The van der Waals surface area contributed by atoms with E-state index in [-0.39, 0.29) is 18.0 Å². The minimum absolute atomic E-state index is 0.139. The number of nitrogens with one attached hydrogen (secondary N) is 1. The molecule has 0 spiro atoms. The molecule has 3 aromatic rings. The summed E-state index contributed by atoms with van der Waals surface area (Å²) in [5, 5.41) is 7.32. The van der Waals surface area contributed by atoms with Crippen molar-refractivity contribution >= 4 is 11.6 Å². The number of rotatable bonds is 6. The van der Waals surface area contributed by atoms with Crippen molar-refractivity contribution in [2.45, 2.75) is 46.6 Å². The Morgan fingerprint density at radius 2 is 1.97 bits per heavy atom. The molecular weight excluding hydrogens is 382 g/mol. The summed E-state index contributed by atoms with van der Waals surface area (Å²) in [6, 6.07) is 9.06. The zero-order valence-corrected chi connectivity index (χ0v) is 17.4. The third-order valence-electron chi connectivity index (χ3n) is 5.12. The van der Waals surface area contributed by atoms with Crippen LogP contribution in [0.25, 0.3) is 5.95 Å². The van der Waals surface area contributed by atoms with Crippen molar-refractivity contribution in [3.05, 3.63) is 63.3 Å². The Hall–Kier alpha value is -3.42. The lowest BCUT2D eigenvalue weighted by Gasteiger charge is -2.15. The maximum atomic E-state index is 13.2. The summed E-state index contributed by atoms with van der Waals surface area (Å²) >= 11 is 0. The van der Waals surface area contributed by atoms with Crippen LogP contribution in [0.3, 0.4) is 0 Å². The van der Waals surface area contributed by atoms with E-state index in [1.807, 2.05) is 26.8 Å². The van der Waals surface area contributed by atoms with Crippen LogP contribution < -0.4 is 15.6 Å². The first-order valence-electron chi connectivity index (χ1n) is 10.1. The average molecular weight is 407 g/mol. The van der Waals surface area contributed by atoms with Crippen molar-refractivity contribution in [2.75, 3.05) is 11.9 Å². The molecule has 0 radical (unpaired) electrons. The summed E-state index contributed by atoms with van der Waals surface area (Å²) in [5.41, 5.74) is 3.67. The number of hydrogen-bond acceptors (Lipinski definition) is 5. The van der Waals surface area contributed by atoms with E-state index < -0.39 is 0 Å². The molecule has 4 rings (SSSR count). The monoisotopic (exact) mass is 407 g/mol. The maximum Gasteiger partial charge on any atom is 0.258 e. The standard InChI is InChI=1S/C22H25N5O3/c1-4-30-17-10-8-16(9-11-17)23-20(28)13-26-21(29)18-6-5-7-19(18)24-22(26)27-15(3)12-14(2)25-27/h8-12H,4-7,13H2,1-3H3,(H,23,28). The summed E-state index contributed by atoms with van der Waals surface area (Å²) in [7, 11) is 0. The fourth-order valence-corrected chi connectivity index (χ4v) is 3.80. The minimum Gasteiger partial charge on any atom is -0.494 e. The SMILES string of the molecule is CCOc1ccc(NC(=O)Cn2c(-n3nc(C)cc3C)nc3c(c2=O)CCC3)cc1. The second kappa shape index (κ2) is 8.14. The van der Waals surface area contributed by atoms with Crippen LogP contribution in [-0.2, 0) is 24.2 Å². The van der Waals surface area contributed by atoms with Gasteiger partial charge in [-0.05, 0) is 70.4 Å². The van der Waals surface area contributed by atoms with E-state index in [0.717, 1.165) is 35.7 Å². The van der Waals surface area contributed by atoms with Gasteiger partial charge in [0.05, 0.1) is 18.0 Å². The highest BCUT2D eigenvalue weighted by Gasteiger charge is 2.23. The van der Waals surface area contributed by atoms with Crippen molar-refractivity contribution in [3.8, 4) is 11.7 Å². The van der Waals surface area contributed by atoms with Gasteiger partial charge in [0.15, 0.2) is 0 Å². The summed E-state index contributed by atoms with van der Waals surface area (Å²) in [5.74, 6) is 0.818. The summed E-state index contributed by atoms with van der Waals surface area (Å²) < 4.78 is 8.48. The average Bonchev–Trinajstić information content (AvgIpc) is 3.31. The second-order valence-corrected chi connectivity index (χ2v) is 7.43. The zero-order chi connectivity index (χ0) is 21.3. The van der Waals surface area contributed by atoms with Crippen molar-refractivity contribution in [1.29, 1.82) is 0 Å². The number of carbonyl (C=O) groups is 1. The molecule has 0 aliphatic heterocycles. The lowest BCUT2D eigenvalue weighted by atomic mass is 10.2. The molecule has 1 aliphatic carbocycles. The van der Waals surface area contributed by atoms with Crippen LogP contribution in [0, 0.1) is 13.8 Å². The van der Waals surface area contributed by atoms with Gasteiger partial charge in [0.25, 0.3) is 5.56 Å². The number of aromatic nitrogens is 4. The number of benzene rings is 1. The van der Waals surface area contributed by atoms with Crippen LogP contribution in [0.2, 0.25) is 0 Å². The number of fused-ring (bicyclic) bond motifs is 1. The number of nitrogens with zero attached hydrogens (tertiary/aromatic N) is 4. The smallest absolute Gasteiger partial charge is 0.258 e. The van der Waals surface area contributed by atoms with Gasteiger partial charge in [0.1, 0.15) is 12.3 Å². The highest BCUT2D eigenvalue weighted by Crippen LogP contribution is 2.20. The first-order valence-corrected chi connectivity index (χ1v) is 10.1. The van der Waals surface area contributed by atoms with Crippen LogP contribution in [0.4, 0.5) is 5.69 Å². The Kier molecular flexibility index (Phi) is 5.39. The van der Waals surface area contributed by atoms with E-state index in [9.17, 15) is 9.59 Å². The highest BCUT2D eigenvalue weighted by atomic mass is 16.5. The van der Waals surface area contributed by atoms with Crippen LogP contribution in [0.1, 0.15) is 36.0 Å². The Morgan fingerprint density at radius 1 is 1.20 bits per heavy atom. The first kappa shape index (κ1) is 19.9. The van der Waals surface area contributed by atoms with Crippen LogP contribution in [-0.4, -0.2) is 31.8 Å². The number of amides is 1. The molecule has 0 unspecified atom stereocenters. The van der Waals surface area contributed by atoms with Gasteiger partial charge in [0.2, 0.25) is 11.9 Å². The maximum absolute atomic E-state index is 13.2. The van der Waals surface area contributed by atoms with Gasteiger partial charge in [-0.1, -0.05) is 0 Å². The highest BCUT2D eigenvalue weighted by molar-refractivity contribution is 5.90. The third-order valence-corrected chi connectivity index (χ3v) is 5.12. The van der Waals surface area contributed by atoms with Gasteiger partial charge in [0, 0.05) is 16.9 Å². The van der Waals surface area contributed by atoms with Crippen molar-refractivity contribution in [3.63, 3.8) is 0 Å². The molecule has 1 amide bonds. The molecule has 30 heavy (non-hydrogen) atoms. The fourth-order valence-electron chi connectivity index (χ4n) is 3.80. The van der Waals surface area contributed by atoms with Crippen molar-refractivity contribution < 1.29 is 9.53 Å². The lowest BCUT2D eigenvalue weighted by molar-refractivity contribution is -0.116. The van der Waals surface area contributed by atoms with Crippen LogP contribution in [0.5, 0.6) is 5.75 Å². The van der Waals surface area contributed by atoms with E-state index >= 15 is 0 Å². The summed E-state index contributed by atoms with van der Waals surface area (Å²) in [4.78, 5) is 30.6. The van der Waals surface area contributed by atoms with Gasteiger partial charge in [-0.3, -0.25) is 14.2 Å². The van der Waals surface area contributed by atoms with Gasteiger partial charge < -0.3 is 10.1 Å². The summed E-state index contributed by atoms with van der Waals surface area (Å²) in [6.45, 7) is 6.15. The Labute approximate surface area is 174 Å². The molecule has 2 heterocycles. The molecule has 1 N–H and O–H groups in total. The number of anilines is 1. The van der Waals surface area contributed by atoms with E-state index in [2.05, 4.69) is 10.4 Å². The van der Waals surface area contributed by atoms with E-state index in [4.69, 9.17) is 9.72 Å². The second-order valence-electron chi connectivity index (χ2n) is 7.43. The van der Waals surface area contributed by atoms with Gasteiger partial charge >= 0.3 is 0 Å². The molecule has 0 saturated carbocycles. The zero-order valence-electron chi connectivity index (χ0n) is 17.4. The molecule has 0 bridgehead atoms. The molecule has 8 nitrogen and oxygen atoms in total.